The summed E-state index contributed by atoms with van der Waals surface area (Å²) >= 11 is 0. The topological polar surface area (TPSA) is 99.9 Å². The summed E-state index contributed by atoms with van der Waals surface area (Å²) in [4.78, 5) is -0.0388. The van der Waals surface area contributed by atoms with Crippen LogP contribution in [0.5, 0.6) is 17.2 Å². The van der Waals surface area contributed by atoms with E-state index in [1.165, 1.54) is 32.4 Å². The molecule has 2 aromatic rings. The molecule has 0 unspecified atom stereocenters. The summed E-state index contributed by atoms with van der Waals surface area (Å²) in [5.41, 5.74) is 0.806. The molecule has 0 saturated heterocycles. The molecule has 0 aliphatic heterocycles. The van der Waals surface area contributed by atoms with Gasteiger partial charge in [-0.2, -0.15) is 0 Å². The van der Waals surface area contributed by atoms with Crippen molar-refractivity contribution < 1.29 is 27.0 Å². The molecule has 2 aromatic carbocycles. The van der Waals surface area contributed by atoms with Crippen LogP contribution in [-0.4, -0.2) is 41.8 Å². The highest BCUT2D eigenvalue weighted by molar-refractivity contribution is 7.89. The number of nitrogens with one attached hydrogen (secondary N) is 1. The highest BCUT2D eigenvalue weighted by Gasteiger charge is 2.16. The first-order chi connectivity index (χ1) is 13.2. The van der Waals surface area contributed by atoms with Crippen molar-refractivity contribution in [2.24, 2.45) is 5.14 Å². The second-order valence-electron chi connectivity index (χ2n) is 6.26. The fourth-order valence-corrected chi connectivity index (χ4v) is 3.46. The molecule has 1 atom stereocenters. The van der Waals surface area contributed by atoms with E-state index >= 15 is 0 Å². The van der Waals surface area contributed by atoms with Gasteiger partial charge in [0.1, 0.15) is 34.6 Å². The number of halogens is 1. The van der Waals surface area contributed by atoms with Gasteiger partial charge < -0.3 is 19.5 Å². The Morgan fingerprint density at radius 3 is 2.46 bits per heavy atom. The minimum absolute atomic E-state index is 0.0388. The summed E-state index contributed by atoms with van der Waals surface area (Å²) in [7, 11) is -1.02. The summed E-state index contributed by atoms with van der Waals surface area (Å²) in [5, 5.41) is 8.51. The molecule has 9 heteroatoms. The molecule has 0 aliphatic rings. The number of hydrogen-bond acceptors (Lipinski definition) is 6. The molecule has 7 nitrogen and oxygen atoms in total. The van der Waals surface area contributed by atoms with Crippen LogP contribution in [-0.2, 0) is 16.4 Å². The van der Waals surface area contributed by atoms with Crippen LogP contribution in [0.3, 0.4) is 0 Å². The monoisotopic (exact) mass is 412 g/mol. The molecule has 0 spiro atoms. The van der Waals surface area contributed by atoms with Gasteiger partial charge in [-0.25, -0.2) is 17.9 Å². The molecule has 154 valence electrons. The first-order valence-electron chi connectivity index (χ1n) is 8.63. The molecule has 28 heavy (non-hydrogen) atoms. The fourth-order valence-electron chi connectivity index (χ4n) is 2.71. The van der Waals surface area contributed by atoms with Crippen LogP contribution in [0.25, 0.3) is 0 Å². The normalized spacial score (nSPS) is 12.5. The highest BCUT2D eigenvalue weighted by Crippen LogP contribution is 2.24. The Morgan fingerprint density at radius 2 is 1.82 bits per heavy atom. The molecule has 0 saturated carbocycles. The lowest BCUT2D eigenvalue weighted by Gasteiger charge is -2.16. The molecular weight excluding hydrogens is 387 g/mol. The third-order valence-corrected chi connectivity index (χ3v) is 4.95. The third-order valence-electron chi connectivity index (χ3n) is 4.02. The van der Waals surface area contributed by atoms with E-state index < -0.39 is 15.8 Å². The fraction of sp³-hybridized carbons (Fsp3) is 0.368. The molecule has 3 N–H and O–H groups in total. The number of sulfonamides is 1. The smallest absolute Gasteiger partial charge is 0.241 e. The maximum Gasteiger partial charge on any atom is 0.241 e. The second-order valence-corrected chi connectivity index (χ2v) is 7.79. The first kappa shape index (κ1) is 21.9. The number of rotatable bonds is 10. The lowest BCUT2D eigenvalue weighted by atomic mass is 10.1. The van der Waals surface area contributed by atoms with Crippen LogP contribution < -0.4 is 24.7 Å². The lowest BCUT2D eigenvalue weighted by Crippen LogP contribution is -2.32. The predicted octanol–water partition coefficient (Wildman–Crippen LogP) is 2.09. The van der Waals surface area contributed by atoms with Crippen molar-refractivity contribution in [2.75, 3.05) is 27.4 Å². The zero-order chi connectivity index (χ0) is 20.7. The van der Waals surface area contributed by atoms with Crippen molar-refractivity contribution >= 4 is 10.0 Å². The Balaban J connectivity index is 1.88. The van der Waals surface area contributed by atoms with E-state index in [0.717, 1.165) is 5.56 Å². The van der Waals surface area contributed by atoms with Gasteiger partial charge in [-0.1, -0.05) is 6.07 Å². The van der Waals surface area contributed by atoms with Gasteiger partial charge in [0.2, 0.25) is 10.0 Å². The number of ether oxygens (including phenoxy) is 3. The van der Waals surface area contributed by atoms with E-state index in [1.807, 2.05) is 6.92 Å². The van der Waals surface area contributed by atoms with Crippen LogP contribution in [0.15, 0.2) is 41.3 Å². The van der Waals surface area contributed by atoms with Gasteiger partial charge in [-0.15, -0.1) is 0 Å². The van der Waals surface area contributed by atoms with Gasteiger partial charge >= 0.3 is 0 Å². The van der Waals surface area contributed by atoms with Gasteiger partial charge in [0.05, 0.1) is 14.2 Å². The zero-order valence-corrected chi connectivity index (χ0v) is 16.9. The van der Waals surface area contributed by atoms with Crippen molar-refractivity contribution in [1.29, 1.82) is 0 Å². The minimum atomic E-state index is -3.87. The third kappa shape index (κ3) is 6.36. The molecule has 0 aliphatic carbocycles. The number of hydrogen-bond donors (Lipinski definition) is 2. The summed E-state index contributed by atoms with van der Waals surface area (Å²) in [6.45, 7) is 2.83. The molecule has 0 fully saturated rings. The lowest BCUT2D eigenvalue weighted by molar-refractivity contribution is 0.302. The van der Waals surface area contributed by atoms with Crippen molar-refractivity contribution in [3.63, 3.8) is 0 Å². The summed E-state index contributed by atoms with van der Waals surface area (Å²) in [6, 6.07) is 9.12. The Kier molecular flexibility index (Phi) is 7.61. The largest absolute Gasteiger partial charge is 0.497 e. The highest BCUT2D eigenvalue weighted by atomic mass is 32.2. The van der Waals surface area contributed by atoms with Gasteiger partial charge in [-0.05, 0) is 31.0 Å². The van der Waals surface area contributed by atoms with Crippen LogP contribution in [0.4, 0.5) is 4.39 Å². The average molecular weight is 412 g/mol. The van der Waals surface area contributed by atoms with E-state index in [4.69, 9.17) is 19.3 Å². The van der Waals surface area contributed by atoms with Crippen molar-refractivity contribution in [3.05, 3.63) is 47.8 Å². The van der Waals surface area contributed by atoms with Crippen molar-refractivity contribution in [2.45, 2.75) is 24.3 Å². The zero-order valence-electron chi connectivity index (χ0n) is 16.1. The van der Waals surface area contributed by atoms with Crippen LogP contribution in [0.2, 0.25) is 0 Å². The van der Waals surface area contributed by atoms with Crippen molar-refractivity contribution in [3.8, 4) is 17.2 Å². The van der Waals surface area contributed by atoms with Crippen LogP contribution in [0, 0.1) is 5.82 Å². The Hall–Kier alpha value is -2.36. The quantitative estimate of drug-likeness (QED) is 0.580. The second kappa shape index (κ2) is 9.72. The Bertz CT molecular complexity index is 905. The van der Waals surface area contributed by atoms with Crippen LogP contribution in [0.1, 0.15) is 12.5 Å². The summed E-state index contributed by atoms with van der Waals surface area (Å²) in [6.07, 6.45) is 0.584. The molecule has 0 heterocycles. The maximum absolute atomic E-state index is 13.4. The molecule has 0 aromatic heterocycles. The van der Waals surface area contributed by atoms with E-state index in [9.17, 15) is 12.8 Å². The van der Waals surface area contributed by atoms with Gasteiger partial charge in [0.25, 0.3) is 0 Å². The average Bonchev–Trinajstić information content (AvgIpc) is 2.64. The number of primary sulfonamides is 1. The molecule has 2 rings (SSSR count). The van der Waals surface area contributed by atoms with E-state index in [0.29, 0.717) is 31.1 Å². The van der Waals surface area contributed by atoms with E-state index in [-0.39, 0.29) is 16.7 Å². The first-order valence-corrected chi connectivity index (χ1v) is 10.2. The van der Waals surface area contributed by atoms with E-state index in [2.05, 4.69) is 5.32 Å². The summed E-state index contributed by atoms with van der Waals surface area (Å²) in [5.74, 6) is 0.562. The number of methoxy groups -OCH3 is 2. The Labute approximate surface area is 164 Å². The number of nitrogens with two attached hydrogens (primary N) is 1. The standard InChI is InChI=1S/C19H25FN2O5S/c1-13(8-14-4-5-18(26-3)19(9-14)28(21,23)24)22-6-7-27-17-11-15(20)10-16(12-17)25-2/h4-5,9-13,22H,6-8H2,1-3H3,(H2,21,23,24)/t13-/m0/s1. The SMILES string of the molecule is COc1cc(F)cc(OCCN[C@@H](C)Cc2ccc(OC)c(S(N)(=O)=O)c2)c1. The Morgan fingerprint density at radius 1 is 1.11 bits per heavy atom. The van der Waals surface area contributed by atoms with E-state index in [1.54, 1.807) is 18.2 Å². The molecule has 0 bridgehead atoms. The van der Waals surface area contributed by atoms with Gasteiger partial charge in [-0.3, -0.25) is 0 Å². The van der Waals surface area contributed by atoms with Crippen LogP contribution >= 0.6 is 0 Å². The molecule has 0 amide bonds. The summed E-state index contributed by atoms with van der Waals surface area (Å²) < 4.78 is 52.4. The van der Waals surface area contributed by atoms with Gasteiger partial charge in [0, 0.05) is 30.8 Å². The maximum atomic E-state index is 13.4. The van der Waals surface area contributed by atoms with Gasteiger partial charge in [0.15, 0.2) is 0 Å². The minimum Gasteiger partial charge on any atom is -0.497 e. The molecular formula is C19H25FN2O5S. The predicted molar refractivity (Wildman–Crippen MR) is 104 cm³/mol. The molecule has 0 radical (unpaired) electrons. The van der Waals surface area contributed by atoms with Crippen molar-refractivity contribution in [1.82, 2.24) is 5.32 Å². The number of benzene rings is 2.